The number of thiophene rings is 1. The van der Waals surface area contributed by atoms with Crippen LogP contribution in [-0.4, -0.2) is 30.3 Å². The third-order valence-electron chi connectivity index (χ3n) is 5.41. The van der Waals surface area contributed by atoms with Crippen LogP contribution in [0, 0.1) is 0 Å². The number of rotatable bonds is 8. The molecule has 8 nitrogen and oxygen atoms in total. The van der Waals surface area contributed by atoms with Crippen molar-refractivity contribution in [3.05, 3.63) is 119 Å². The van der Waals surface area contributed by atoms with Crippen molar-refractivity contribution in [3.8, 4) is 16.3 Å². The van der Waals surface area contributed by atoms with E-state index in [1.807, 2.05) is 54.0 Å². The van der Waals surface area contributed by atoms with Gasteiger partial charge >= 0.3 is 0 Å². The van der Waals surface area contributed by atoms with Gasteiger partial charge in [-0.2, -0.15) is 10.2 Å². The number of carbonyl (C=O) groups excluding carboxylic acids is 1. The summed E-state index contributed by atoms with van der Waals surface area (Å²) in [7, 11) is -3.97. The first-order chi connectivity index (χ1) is 18.4. The van der Waals surface area contributed by atoms with Crippen LogP contribution >= 0.6 is 22.9 Å². The monoisotopic (exact) mass is 561 g/mol. The van der Waals surface area contributed by atoms with Gasteiger partial charge in [0.2, 0.25) is 0 Å². The molecule has 3 aromatic carbocycles. The van der Waals surface area contributed by atoms with Crippen molar-refractivity contribution in [2.24, 2.45) is 5.10 Å². The van der Waals surface area contributed by atoms with Gasteiger partial charge in [-0.05, 0) is 53.9 Å². The van der Waals surface area contributed by atoms with Crippen molar-refractivity contribution in [2.75, 3.05) is 4.72 Å². The molecule has 0 bridgehead atoms. The van der Waals surface area contributed by atoms with E-state index in [1.165, 1.54) is 30.5 Å². The van der Waals surface area contributed by atoms with Crippen molar-refractivity contribution in [1.29, 1.82) is 0 Å². The van der Waals surface area contributed by atoms with Gasteiger partial charge in [-0.1, -0.05) is 54.1 Å². The van der Waals surface area contributed by atoms with Crippen molar-refractivity contribution in [3.63, 3.8) is 0 Å². The molecule has 5 aromatic rings. The van der Waals surface area contributed by atoms with Gasteiger partial charge in [0.25, 0.3) is 15.9 Å². The number of hydrazone groups is 1. The van der Waals surface area contributed by atoms with E-state index in [0.717, 1.165) is 16.3 Å². The molecule has 0 spiro atoms. The lowest BCUT2D eigenvalue weighted by Crippen LogP contribution is -2.19. The number of benzene rings is 3. The second-order valence-electron chi connectivity index (χ2n) is 8.00. The van der Waals surface area contributed by atoms with E-state index < -0.39 is 15.9 Å². The molecule has 2 heterocycles. The lowest BCUT2D eigenvalue weighted by molar-refractivity contribution is 0.0955. The highest BCUT2D eigenvalue weighted by Crippen LogP contribution is 2.27. The van der Waals surface area contributed by atoms with Gasteiger partial charge in [-0.25, -0.2) is 18.5 Å². The maximum absolute atomic E-state index is 12.9. The molecule has 0 unspecified atom stereocenters. The zero-order chi connectivity index (χ0) is 26.5. The molecule has 38 heavy (non-hydrogen) atoms. The Morgan fingerprint density at radius 1 is 0.974 bits per heavy atom. The largest absolute Gasteiger partial charge is 0.278 e. The zero-order valence-corrected chi connectivity index (χ0v) is 22.0. The lowest BCUT2D eigenvalue weighted by atomic mass is 10.2. The SMILES string of the molecule is O=C(N/N=C/c1cn(-c2ccccc2)nc1-c1cccs1)c1cccc(S(=O)(=O)Nc2ccccc2Cl)c1. The summed E-state index contributed by atoms with van der Waals surface area (Å²) in [6.07, 6.45) is 3.34. The molecule has 2 N–H and O–H groups in total. The van der Waals surface area contributed by atoms with Gasteiger partial charge in [0.15, 0.2) is 0 Å². The molecule has 190 valence electrons. The topological polar surface area (TPSA) is 105 Å². The van der Waals surface area contributed by atoms with E-state index in [0.29, 0.717) is 5.56 Å². The Labute approximate surface area is 228 Å². The van der Waals surface area contributed by atoms with Crippen LogP contribution in [0.5, 0.6) is 0 Å². The van der Waals surface area contributed by atoms with Crippen molar-refractivity contribution < 1.29 is 13.2 Å². The number of para-hydroxylation sites is 2. The van der Waals surface area contributed by atoms with Crippen LogP contribution in [0.1, 0.15) is 15.9 Å². The molecule has 0 aliphatic rings. The van der Waals surface area contributed by atoms with Gasteiger partial charge in [-0.15, -0.1) is 11.3 Å². The molecule has 0 radical (unpaired) electrons. The lowest BCUT2D eigenvalue weighted by Gasteiger charge is -2.10. The van der Waals surface area contributed by atoms with Crippen molar-refractivity contribution in [1.82, 2.24) is 15.2 Å². The fraction of sp³-hybridized carbons (Fsp3) is 0. The average molecular weight is 562 g/mol. The molecule has 0 atom stereocenters. The second-order valence-corrected chi connectivity index (χ2v) is 11.0. The van der Waals surface area contributed by atoms with Crippen molar-refractivity contribution >= 4 is 50.8 Å². The maximum Gasteiger partial charge on any atom is 0.271 e. The van der Waals surface area contributed by atoms with Gasteiger partial charge < -0.3 is 0 Å². The van der Waals surface area contributed by atoms with E-state index in [2.05, 4.69) is 15.2 Å². The first-order valence-electron chi connectivity index (χ1n) is 11.3. The fourth-order valence-electron chi connectivity index (χ4n) is 3.58. The second kappa shape index (κ2) is 11.0. The summed E-state index contributed by atoms with van der Waals surface area (Å²) in [6.45, 7) is 0. The van der Waals surface area contributed by atoms with Crippen LogP contribution in [0.15, 0.2) is 113 Å². The number of anilines is 1. The Morgan fingerprint density at radius 2 is 1.76 bits per heavy atom. The number of carbonyl (C=O) groups is 1. The van der Waals surface area contributed by atoms with Crippen LogP contribution in [0.2, 0.25) is 5.02 Å². The number of amides is 1. The summed E-state index contributed by atoms with van der Waals surface area (Å²) in [5.41, 5.74) is 5.15. The molecule has 0 fully saturated rings. The molecular formula is C27H20ClN5O3S2. The smallest absolute Gasteiger partial charge is 0.271 e. The standard InChI is InChI=1S/C27H20ClN5O3S2/c28-23-12-4-5-13-24(23)32-38(35,36)22-11-6-8-19(16-22)27(34)30-29-17-20-18-33(21-9-2-1-3-10-21)31-26(20)25-14-7-15-37-25/h1-18,32H,(H,30,34)/b29-17+. The highest BCUT2D eigenvalue weighted by molar-refractivity contribution is 7.92. The number of sulfonamides is 1. The third kappa shape index (κ3) is 5.67. The molecule has 2 aromatic heterocycles. The van der Waals surface area contributed by atoms with Crippen LogP contribution in [0.3, 0.4) is 0 Å². The minimum absolute atomic E-state index is 0.0850. The summed E-state index contributed by atoms with van der Waals surface area (Å²) < 4.78 is 29.9. The molecule has 5 rings (SSSR count). The third-order valence-corrected chi connectivity index (χ3v) is 7.98. The minimum atomic E-state index is -3.97. The maximum atomic E-state index is 12.9. The highest BCUT2D eigenvalue weighted by Gasteiger charge is 2.18. The van der Waals surface area contributed by atoms with Crippen LogP contribution in [-0.2, 0) is 10.0 Å². The zero-order valence-electron chi connectivity index (χ0n) is 19.7. The summed E-state index contributed by atoms with van der Waals surface area (Å²) in [4.78, 5) is 13.7. The minimum Gasteiger partial charge on any atom is -0.278 e. The highest BCUT2D eigenvalue weighted by atomic mass is 35.5. The molecule has 0 saturated heterocycles. The first-order valence-corrected chi connectivity index (χ1v) is 14.0. The first kappa shape index (κ1) is 25.4. The predicted molar refractivity (Wildman–Crippen MR) is 151 cm³/mol. The number of aromatic nitrogens is 2. The molecule has 0 aliphatic heterocycles. The number of hydrogen-bond acceptors (Lipinski definition) is 6. The van der Waals surface area contributed by atoms with Gasteiger partial charge in [0.1, 0.15) is 5.69 Å². The number of halogens is 1. The summed E-state index contributed by atoms with van der Waals surface area (Å²) in [5.74, 6) is -0.566. The summed E-state index contributed by atoms with van der Waals surface area (Å²) >= 11 is 7.62. The predicted octanol–water partition coefficient (Wildman–Crippen LogP) is 5.82. The van der Waals surface area contributed by atoms with E-state index >= 15 is 0 Å². The Morgan fingerprint density at radius 3 is 2.53 bits per heavy atom. The van der Waals surface area contributed by atoms with Gasteiger partial charge in [0.05, 0.1) is 32.4 Å². The van der Waals surface area contributed by atoms with E-state index in [-0.39, 0.29) is 21.2 Å². The molecule has 1 amide bonds. The van der Waals surface area contributed by atoms with E-state index in [1.54, 1.807) is 40.3 Å². The molecule has 0 saturated carbocycles. The van der Waals surface area contributed by atoms with E-state index in [4.69, 9.17) is 16.7 Å². The van der Waals surface area contributed by atoms with Crippen LogP contribution < -0.4 is 10.1 Å². The Kier molecular flexibility index (Phi) is 7.36. The van der Waals surface area contributed by atoms with Crippen LogP contribution in [0.4, 0.5) is 5.69 Å². The number of nitrogens with one attached hydrogen (secondary N) is 2. The Balaban J connectivity index is 1.35. The van der Waals surface area contributed by atoms with E-state index in [9.17, 15) is 13.2 Å². The summed E-state index contributed by atoms with van der Waals surface area (Å²) in [5, 5.41) is 11.0. The number of hydrogen-bond donors (Lipinski definition) is 2. The summed E-state index contributed by atoms with van der Waals surface area (Å²) in [6, 6.07) is 25.7. The Hall–Kier alpha value is -4.25. The normalized spacial score (nSPS) is 11.5. The molecular weight excluding hydrogens is 542 g/mol. The van der Waals surface area contributed by atoms with Crippen LogP contribution in [0.25, 0.3) is 16.3 Å². The molecule has 0 aliphatic carbocycles. The number of nitrogens with zero attached hydrogens (tertiary/aromatic N) is 3. The van der Waals surface area contributed by atoms with Gasteiger partial charge in [-0.3, -0.25) is 9.52 Å². The quantitative estimate of drug-likeness (QED) is 0.184. The van der Waals surface area contributed by atoms with Crippen molar-refractivity contribution in [2.45, 2.75) is 4.90 Å². The Bertz CT molecular complexity index is 1720. The molecule has 11 heteroatoms. The van der Waals surface area contributed by atoms with Gasteiger partial charge in [0, 0.05) is 17.3 Å². The fourth-order valence-corrected chi connectivity index (χ4v) is 5.67. The average Bonchev–Trinajstić information content (AvgIpc) is 3.61.